The lowest BCUT2D eigenvalue weighted by atomic mass is 10.1. The van der Waals surface area contributed by atoms with Crippen molar-refractivity contribution in [2.24, 2.45) is 0 Å². The molecule has 0 aromatic carbocycles. The van der Waals surface area contributed by atoms with Gasteiger partial charge < -0.3 is 5.32 Å². The lowest BCUT2D eigenvalue weighted by Gasteiger charge is -2.14. The molecule has 0 saturated heterocycles. The summed E-state index contributed by atoms with van der Waals surface area (Å²) in [4.78, 5) is 4.54. The second kappa shape index (κ2) is 6.73. The maximum atomic E-state index is 3.65. The van der Waals surface area contributed by atoms with Gasteiger partial charge in [0.05, 0.1) is 9.83 Å². The average Bonchev–Trinajstić information content (AvgIpc) is 2.97. The second-order valence-electron chi connectivity index (χ2n) is 5.29. The van der Waals surface area contributed by atoms with Gasteiger partial charge in [-0.15, -0.1) is 22.7 Å². The highest BCUT2D eigenvalue weighted by Gasteiger charge is 2.20. The van der Waals surface area contributed by atoms with Gasteiger partial charge in [-0.1, -0.05) is 13.3 Å². The zero-order valence-corrected chi connectivity index (χ0v) is 15.0. The highest BCUT2D eigenvalue weighted by atomic mass is 79.9. The van der Waals surface area contributed by atoms with Gasteiger partial charge >= 0.3 is 0 Å². The van der Waals surface area contributed by atoms with Gasteiger partial charge in [0.1, 0.15) is 0 Å². The monoisotopic (exact) mass is 369 g/mol. The summed E-state index contributed by atoms with van der Waals surface area (Å²) in [6, 6.07) is 7.23. The standard InChI is InChI=1S/C16H20BrNS2/c1-2-18-16(13-8-9-15(17)20-13)14-10-11-6-4-3-5-7-12(11)19-14/h8-10,16,18H,2-7H2,1H3. The molecule has 0 saturated carbocycles. The number of halogens is 1. The van der Waals surface area contributed by atoms with Crippen LogP contribution < -0.4 is 5.32 Å². The largest absolute Gasteiger partial charge is 0.305 e. The minimum atomic E-state index is 0.369. The van der Waals surface area contributed by atoms with E-state index in [0.717, 1.165) is 6.54 Å². The summed E-state index contributed by atoms with van der Waals surface area (Å²) in [7, 11) is 0. The van der Waals surface area contributed by atoms with Crippen LogP contribution in [0.2, 0.25) is 0 Å². The molecule has 1 nitrogen and oxygen atoms in total. The molecular weight excluding hydrogens is 350 g/mol. The molecule has 2 aromatic heterocycles. The van der Waals surface area contributed by atoms with E-state index >= 15 is 0 Å². The SMILES string of the molecule is CCNC(c1ccc(Br)s1)c1cc2c(s1)CCCCC2. The van der Waals surface area contributed by atoms with Crippen LogP contribution in [0.1, 0.15) is 52.4 Å². The number of rotatable bonds is 4. The molecule has 0 radical (unpaired) electrons. The quantitative estimate of drug-likeness (QED) is 0.697. The molecule has 1 aliphatic rings. The average molecular weight is 370 g/mol. The minimum absolute atomic E-state index is 0.369. The van der Waals surface area contributed by atoms with Crippen LogP contribution in [0.15, 0.2) is 22.0 Å². The molecule has 1 aliphatic carbocycles. The molecule has 2 heterocycles. The molecule has 108 valence electrons. The molecule has 1 unspecified atom stereocenters. The van der Waals surface area contributed by atoms with Crippen molar-refractivity contribution in [3.63, 3.8) is 0 Å². The van der Waals surface area contributed by atoms with Crippen molar-refractivity contribution in [2.45, 2.75) is 45.1 Å². The molecule has 0 amide bonds. The van der Waals surface area contributed by atoms with E-state index in [1.165, 1.54) is 45.6 Å². The van der Waals surface area contributed by atoms with Crippen molar-refractivity contribution in [1.82, 2.24) is 5.32 Å². The van der Waals surface area contributed by atoms with Crippen LogP contribution in [0.3, 0.4) is 0 Å². The lowest BCUT2D eigenvalue weighted by molar-refractivity contribution is 0.648. The van der Waals surface area contributed by atoms with Crippen molar-refractivity contribution < 1.29 is 0 Å². The van der Waals surface area contributed by atoms with E-state index in [-0.39, 0.29) is 0 Å². The Morgan fingerprint density at radius 1 is 1.15 bits per heavy atom. The third kappa shape index (κ3) is 3.19. The first-order valence-corrected chi connectivity index (χ1v) is 9.80. The van der Waals surface area contributed by atoms with Crippen molar-refractivity contribution in [3.05, 3.63) is 42.2 Å². The summed E-state index contributed by atoms with van der Waals surface area (Å²) >= 11 is 7.46. The molecule has 0 spiro atoms. The van der Waals surface area contributed by atoms with E-state index in [2.05, 4.69) is 46.4 Å². The maximum Gasteiger partial charge on any atom is 0.0765 e. The van der Waals surface area contributed by atoms with Gasteiger partial charge in [-0.2, -0.15) is 0 Å². The molecule has 0 fully saturated rings. The van der Waals surface area contributed by atoms with E-state index in [0.29, 0.717) is 6.04 Å². The Kier molecular flexibility index (Phi) is 4.97. The van der Waals surface area contributed by atoms with Crippen LogP contribution in [-0.4, -0.2) is 6.54 Å². The van der Waals surface area contributed by atoms with Gasteiger partial charge in [-0.25, -0.2) is 0 Å². The predicted octanol–water partition coefficient (Wildman–Crippen LogP) is 5.54. The molecule has 20 heavy (non-hydrogen) atoms. The smallest absolute Gasteiger partial charge is 0.0765 e. The van der Waals surface area contributed by atoms with Gasteiger partial charge in [0.15, 0.2) is 0 Å². The van der Waals surface area contributed by atoms with Crippen molar-refractivity contribution in [1.29, 1.82) is 0 Å². The summed E-state index contributed by atoms with van der Waals surface area (Å²) in [5.74, 6) is 0. The van der Waals surface area contributed by atoms with E-state index in [1.54, 1.807) is 10.4 Å². The van der Waals surface area contributed by atoms with E-state index in [1.807, 2.05) is 22.7 Å². The zero-order chi connectivity index (χ0) is 13.9. The number of hydrogen-bond donors (Lipinski definition) is 1. The van der Waals surface area contributed by atoms with Crippen molar-refractivity contribution >= 4 is 38.6 Å². The van der Waals surface area contributed by atoms with Crippen LogP contribution >= 0.6 is 38.6 Å². The van der Waals surface area contributed by atoms with Crippen LogP contribution in [-0.2, 0) is 12.8 Å². The third-order valence-corrected chi connectivity index (χ3v) is 6.83. The Hall–Kier alpha value is -0.160. The fourth-order valence-corrected chi connectivity index (χ4v) is 5.81. The van der Waals surface area contributed by atoms with Gasteiger partial charge in [0.25, 0.3) is 0 Å². The molecule has 4 heteroatoms. The number of thiophene rings is 2. The first-order valence-electron chi connectivity index (χ1n) is 7.38. The number of nitrogens with one attached hydrogen (secondary N) is 1. The van der Waals surface area contributed by atoms with E-state index in [9.17, 15) is 0 Å². The summed E-state index contributed by atoms with van der Waals surface area (Å²) in [5.41, 5.74) is 1.61. The molecule has 0 aliphatic heterocycles. The third-order valence-electron chi connectivity index (χ3n) is 3.84. The Morgan fingerprint density at radius 2 is 2.00 bits per heavy atom. The van der Waals surface area contributed by atoms with Crippen molar-refractivity contribution in [3.8, 4) is 0 Å². The van der Waals surface area contributed by atoms with Crippen LogP contribution in [0.4, 0.5) is 0 Å². The Bertz CT molecular complexity index is 549. The molecular formula is C16H20BrNS2. The highest BCUT2D eigenvalue weighted by Crippen LogP contribution is 2.37. The Labute approximate surface area is 137 Å². The topological polar surface area (TPSA) is 12.0 Å². The fourth-order valence-electron chi connectivity index (χ4n) is 2.86. The molecule has 2 aromatic rings. The molecule has 0 bridgehead atoms. The van der Waals surface area contributed by atoms with E-state index < -0.39 is 0 Å². The second-order valence-corrected chi connectivity index (χ2v) is 8.95. The van der Waals surface area contributed by atoms with Crippen LogP contribution in [0, 0.1) is 0 Å². The summed E-state index contributed by atoms with van der Waals surface area (Å²) in [5, 5.41) is 3.65. The van der Waals surface area contributed by atoms with Gasteiger partial charge in [-0.3, -0.25) is 0 Å². The summed E-state index contributed by atoms with van der Waals surface area (Å²) in [6.45, 7) is 3.19. The van der Waals surface area contributed by atoms with Crippen molar-refractivity contribution in [2.75, 3.05) is 6.54 Å². The lowest BCUT2D eigenvalue weighted by Crippen LogP contribution is -2.20. The van der Waals surface area contributed by atoms with Gasteiger partial charge in [0, 0.05) is 14.6 Å². The Morgan fingerprint density at radius 3 is 2.75 bits per heavy atom. The minimum Gasteiger partial charge on any atom is -0.305 e. The predicted molar refractivity (Wildman–Crippen MR) is 93.1 cm³/mol. The highest BCUT2D eigenvalue weighted by molar-refractivity contribution is 9.11. The number of aryl methyl sites for hydroxylation is 2. The van der Waals surface area contributed by atoms with Crippen LogP contribution in [0.5, 0.6) is 0 Å². The molecule has 1 N–H and O–H groups in total. The summed E-state index contributed by atoms with van der Waals surface area (Å²) < 4.78 is 1.22. The number of hydrogen-bond acceptors (Lipinski definition) is 3. The fraction of sp³-hybridized carbons (Fsp3) is 0.500. The molecule has 1 atom stereocenters. The normalized spacial score (nSPS) is 16.7. The first kappa shape index (κ1) is 14.8. The van der Waals surface area contributed by atoms with Gasteiger partial charge in [-0.05, 0) is 71.9 Å². The first-order chi connectivity index (χ1) is 9.78. The molecule has 3 rings (SSSR count). The number of fused-ring (bicyclic) bond motifs is 1. The summed E-state index contributed by atoms with van der Waals surface area (Å²) in [6.07, 6.45) is 6.68. The maximum absolute atomic E-state index is 3.65. The zero-order valence-electron chi connectivity index (χ0n) is 11.7. The Balaban J connectivity index is 1.91. The van der Waals surface area contributed by atoms with Gasteiger partial charge in [0.2, 0.25) is 0 Å². The van der Waals surface area contributed by atoms with Crippen LogP contribution in [0.25, 0.3) is 0 Å². The van der Waals surface area contributed by atoms with E-state index in [4.69, 9.17) is 0 Å².